The van der Waals surface area contributed by atoms with Crippen LogP contribution in [-0.2, 0) is 9.59 Å². The number of carbonyl (C=O) groups excluding carboxylic acids is 2. The second-order valence-electron chi connectivity index (χ2n) is 8.10. The topological polar surface area (TPSA) is 79.3 Å². The first-order valence-corrected chi connectivity index (χ1v) is 11.8. The third-order valence-corrected chi connectivity index (χ3v) is 6.18. The number of rotatable bonds is 11. The number of likely N-dealkylation sites (tertiary alicyclic amines) is 1. The fraction of sp³-hybridized carbons (Fsp3) is 0.407. The van der Waals surface area contributed by atoms with Crippen LogP contribution >= 0.6 is 0 Å². The molecule has 1 atom stereocenters. The van der Waals surface area contributed by atoms with Gasteiger partial charge in [-0.05, 0) is 74.9 Å². The summed E-state index contributed by atoms with van der Waals surface area (Å²) in [4.78, 5) is 30.1. The van der Waals surface area contributed by atoms with Gasteiger partial charge in [-0.1, -0.05) is 26.0 Å². The molecule has 3 rings (SSSR count). The number of methoxy groups -OCH3 is 1. The van der Waals surface area contributed by atoms with Crippen LogP contribution in [0.15, 0.2) is 54.1 Å². The average molecular weight is 467 g/mol. The Morgan fingerprint density at radius 1 is 0.971 bits per heavy atom. The molecule has 2 aromatic carbocycles. The molecule has 1 fully saturated rings. The molecule has 0 saturated carbocycles. The number of hydrogen-bond donors (Lipinski definition) is 1. The molecule has 1 aliphatic heterocycles. The highest BCUT2D eigenvalue weighted by Crippen LogP contribution is 2.40. The molecule has 7 nitrogen and oxygen atoms in total. The number of ether oxygens (including phenoxy) is 2. The van der Waals surface area contributed by atoms with Gasteiger partial charge in [0, 0.05) is 12.1 Å². The second-order valence-corrected chi connectivity index (χ2v) is 8.10. The lowest BCUT2D eigenvalue weighted by atomic mass is 9.95. The molecule has 2 aromatic rings. The second kappa shape index (κ2) is 11.7. The van der Waals surface area contributed by atoms with E-state index in [0.717, 1.165) is 31.6 Å². The average Bonchev–Trinajstić information content (AvgIpc) is 3.12. The molecule has 0 radical (unpaired) electrons. The van der Waals surface area contributed by atoms with E-state index in [4.69, 9.17) is 9.47 Å². The van der Waals surface area contributed by atoms with E-state index >= 15 is 0 Å². The number of ketones is 1. The molecule has 0 unspecified atom stereocenters. The van der Waals surface area contributed by atoms with E-state index in [1.807, 2.05) is 31.2 Å². The molecule has 0 aliphatic carbocycles. The fourth-order valence-electron chi connectivity index (χ4n) is 4.28. The quantitative estimate of drug-likeness (QED) is 0.303. The van der Waals surface area contributed by atoms with E-state index in [0.29, 0.717) is 30.2 Å². The largest absolute Gasteiger partial charge is 0.507 e. The first-order valence-electron chi connectivity index (χ1n) is 11.8. The van der Waals surface area contributed by atoms with Crippen LogP contribution in [0.1, 0.15) is 44.4 Å². The first-order chi connectivity index (χ1) is 16.4. The number of aliphatic hydroxyl groups is 1. The number of carbonyl (C=O) groups is 2. The molecule has 0 bridgehead atoms. The monoisotopic (exact) mass is 466 g/mol. The number of amides is 1. The predicted octanol–water partition coefficient (Wildman–Crippen LogP) is 4.25. The van der Waals surface area contributed by atoms with Crippen molar-refractivity contribution in [1.29, 1.82) is 0 Å². The van der Waals surface area contributed by atoms with Crippen molar-refractivity contribution < 1.29 is 24.2 Å². The first kappa shape index (κ1) is 25.3. The Bertz CT molecular complexity index is 1010. The zero-order valence-corrected chi connectivity index (χ0v) is 20.4. The Labute approximate surface area is 201 Å². The van der Waals surface area contributed by atoms with Crippen LogP contribution < -0.4 is 9.47 Å². The summed E-state index contributed by atoms with van der Waals surface area (Å²) in [5, 5.41) is 11.2. The molecule has 1 aliphatic rings. The lowest BCUT2D eigenvalue weighted by molar-refractivity contribution is -0.140. The maximum absolute atomic E-state index is 13.1. The van der Waals surface area contributed by atoms with Gasteiger partial charge in [-0.25, -0.2) is 0 Å². The van der Waals surface area contributed by atoms with Crippen molar-refractivity contribution in [3.05, 3.63) is 65.2 Å². The van der Waals surface area contributed by atoms with Gasteiger partial charge in [-0.15, -0.1) is 0 Å². The molecule has 1 amide bonds. The van der Waals surface area contributed by atoms with Crippen LogP contribution in [0.25, 0.3) is 5.76 Å². The SMILES string of the molecule is CCOc1ccc([C@H]2C(=C(O)c3ccc(OC)cc3)C(=O)C(=O)N2CCCN(CC)CC)cc1. The summed E-state index contributed by atoms with van der Waals surface area (Å²) in [6.07, 6.45) is 0.727. The van der Waals surface area contributed by atoms with Crippen LogP contribution in [0.4, 0.5) is 0 Å². The van der Waals surface area contributed by atoms with Crippen molar-refractivity contribution >= 4 is 17.4 Å². The molecule has 182 valence electrons. The number of nitrogens with zero attached hydrogens (tertiary/aromatic N) is 2. The fourth-order valence-corrected chi connectivity index (χ4v) is 4.28. The minimum absolute atomic E-state index is 0.0992. The van der Waals surface area contributed by atoms with Crippen molar-refractivity contribution in [3.8, 4) is 11.5 Å². The van der Waals surface area contributed by atoms with E-state index in [2.05, 4.69) is 18.7 Å². The molecule has 1 heterocycles. The van der Waals surface area contributed by atoms with Gasteiger partial charge < -0.3 is 24.4 Å². The van der Waals surface area contributed by atoms with Gasteiger partial charge in [0.05, 0.1) is 25.3 Å². The maximum Gasteiger partial charge on any atom is 0.295 e. The number of aliphatic hydroxyl groups excluding tert-OH is 1. The van der Waals surface area contributed by atoms with Crippen LogP contribution in [-0.4, -0.2) is 66.5 Å². The third-order valence-electron chi connectivity index (χ3n) is 6.18. The lowest BCUT2D eigenvalue weighted by Gasteiger charge is -2.27. The Balaban J connectivity index is 2.01. The molecule has 7 heteroatoms. The Morgan fingerprint density at radius 3 is 2.15 bits per heavy atom. The molecular formula is C27H34N2O5. The highest BCUT2D eigenvalue weighted by molar-refractivity contribution is 6.46. The zero-order valence-electron chi connectivity index (χ0n) is 20.4. The van der Waals surface area contributed by atoms with Gasteiger partial charge in [0.25, 0.3) is 11.7 Å². The van der Waals surface area contributed by atoms with Gasteiger partial charge >= 0.3 is 0 Å². The number of Topliss-reactive ketones (excluding diaryl/α,β-unsaturated/α-hetero) is 1. The summed E-state index contributed by atoms with van der Waals surface area (Å²) in [7, 11) is 1.56. The van der Waals surface area contributed by atoms with Crippen LogP contribution in [0.2, 0.25) is 0 Å². The van der Waals surface area contributed by atoms with Crippen molar-refractivity contribution in [3.63, 3.8) is 0 Å². The standard InChI is InChI=1S/C27H34N2O5/c1-5-28(6-2)17-8-18-29-24(19-9-15-22(16-10-19)34-7-3)23(26(31)27(29)32)25(30)20-11-13-21(33-4)14-12-20/h9-16,24,30H,5-8,17-18H2,1-4H3/t24-/m0/s1. The molecule has 1 saturated heterocycles. The van der Waals surface area contributed by atoms with Gasteiger partial charge in [-0.2, -0.15) is 0 Å². The summed E-state index contributed by atoms with van der Waals surface area (Å²) in [6.45, 7) is 9.75. The highest BCUT2D eigenvalue weighted by Gasteiger charge is 2.45. The van der Waals surface area contributed by atoms with Gasteiger partial charge in [0.2, 0.25) is 0 Å². The summed E-state index contributed by atoms with van der Waals surface area (Å²) in [6, 6.07) is 13.4. The minimum Gasteiger partial charge on any atom is -0.507 e. The smallest absolute Gasteiger partial charge is 0.295 e. The number of hydrogen-bond acceptors (Lipinski definition) is 6. The molecular weight excluding hydrogens is 432 g/mol. The molecule has 0 aromatic heterocycles. The molecule has 0 spiro atoms. The lowest BCUT2D eigenvalue weighted by Crippen LogP contribution is -2.33. The molecule has 34 heavy (non-hydrogen) atoms. The van der Waals surface area contributed by atoms with Gasteiger partial charge in [-0.3, -0.25) is 9.59 Å². The number of benzene rings is 2. The highest BCUT2D eigenvalue weighted by atomic mass is 16.5. The van der Waals surface area contributed by atoms with E-state index < -0.39 is 17.7 Å². The Kier molecular flexibility index (Phi) is 8.71. The molecule has 1 N–H and O–H groups in total. The van der Waals surface area contributed by atoms with Crippen molar-refractivity contribution in [2.45, 2.75) is 33.2 Å². The summed E-state index contributed by atoms with van der Waals surface area (Å²) in [5.74, 6) is -0.106. The van der Waals surface area contributed by atoms with Gasteiger partial charge in [0.15, 0.2) is 0 Å². The van der Waals surface area contributed by atoms with Crippen molar-refractivity contribution in [2.75, 3.05) is 39.9 Å². The summed E-state index contributed by atoms with van der Waals surface area (Å²) < 4.78 is 10.7. The van der Waals surface area contributed by atoms with Crippen molar-refractivity contribution in [1.82, 2.24) is 9.80 Å². The summed E-state index contributed by atoms with van der Waals surface area (Å²) in [5.41, 5.74) is 1.31. The van der Waals surface area contributed by atoms with Crippen LogP contribution in [0, 0.1) is 0 Å². The van der Waals surface area contributed by atoms with E-state index in [-0.39, 0.29) is 11.3 Å². The maximum atomic E-state index is 13.1. The predicted molar refractivity (Wildman–Crippen MR) is 132 cm³/mol. The van der Waals surface area contributed by atoms with E-state index in [1.165, 1.54) is 0 Å². The van der Waals surface area contributed by atoms with Gasteiger partial charge in [0.1, 0.15) is 17.3 Å². The Morgan fingerprint density at radius 2 is 1.59 bits per heavy atom. The third kappa shape index (κ3) is 5.42. The summed E-state index contributed by atoms with van der Waals surface area (Å²) >= 11 is 0. The Hall–Kier alpha value is -3.32. The van der Waals surface area contributed by atoms with Crippen molar-refractivity contribution in [2.24, 2.45) is 0 Å². The van der Waals surface area contributed by atoms with E-state index in [1.54, 1.807) is 36.3 Å². The van der Waals surface area contributed by atoms with E-state index in [9.17, 15) is 14.7 Å². The van der Waals surface area contributed by atoms with Crippen LogP contribution in [0.5, 0.6) is 11.5 Å². The normalized spacial score (nSPS) is 17.4. The zero-order chi connectivity index (χ0) is 24.7. The minimum atomic E-state index is -0.672. The van der Waals surface area contributed by atoms with Crippen LogP contribution in [0.3, 0.4) is 0 Å².